The zero-order chi connectivity index (χ0) is 23.2. The molecule has 2 fully saturated rings. The highest BCUT2D eigenvalue weighted by Crippen LogP contribution is 2.34. The van der Waals surface area contributed by atoms with E-state index in [1.54, 1.807) is 0 Å². The first-order valence-corrected chi connectivity index (χ1v) is 12.6. The van der Waals surface area contributed by atoms with Crippen LogP contribution in [0.4, 0.5) is 10.2 Å². The van der Waals surface area contributed by atoms with Gasteiger partial charge in [0.25, 0.3) is 5.91 Å². The molecule has 34 heavy (non-hydrogen) atoms. The molecular weight excluding hydrogens is 455 g/mol. The minimum absolute atomic E-state index is 0.0560. The van der Waals surface area contributed by atoms with Crippen LogP contribution in [0.1, 0.15) is 36.0 Å². The van der Waals surface area contributed by atoms with Crippen molar-refractivity contribution < 1.29 is 13.9 Å². The summed E-state index contributed by atoms with van der Waals surface area (Å²) in [7, 11) is 0. The summed E-state index contributed by atoms with van der Waals surface area (Å²) >= 11 is 1.38. The van der Waals surface area contributed by atoms with E-state index < -0.39 is 17.2 Å². The minimum atomic E-state index is -0.568. The van der Waals surface area contributed by atoms with E-state index in [4.69, 9.17) is 4.74 Å². The number of halogens is 1. The summed E-state index contributed by atoms with van der Waals surface area (Å²) in [6.45, 7) is 2.57. The molecule has 2 aliphatic rings. The van der Waals surface area contributed by atoms with Crippen molar-refractivity contribution >= 4 is 49.1 Å². The van der Waals surface area contributed by atoms with Crippen molar-refractivity contribution in [3.8, 4) is 0 Å². The van der Waals surface area contributed by atoms with Crippen LogP contribution in [0.25, 0.3) is 26.1 Å². The molecule has 1 saturated carbocycles. The van der Waals surface area contributed by atoms with Crippen LogP contribution in [0.15, 0.2) is 35.1 Å². The number of nitrogens with zero attached hydrogens (tertiary/aromatic N) is 3. The Morgan fingerprint density at radius 3 is 2.82 bits per heavy atom. The lowest BCUT2D eigenvalue weighted by atomic mass is 10.1. The monoisotopic (exact) mass is 480 g/mol. The van der Waals surface area contributed by atoms with Crippen molar-refractivity contribution in [1.29, 1.82) is 0 Å². The predicted molar refractivity (Wildman–Crippen MR) is 132 cm³/mol. The van der Waals surface area contributed by atoms with Gasteiger partial charge in [0.05, 0.1) is 28.8 Å². The molecule has 4 heterocycles. The number of para-hydroxylation sites is 1. The second-order valence-electron chi connectivity index (χ2n) is 9.02. The van der Waals surface area contributed by atoms with Crippen LogP contribution in [-0.2, 0) is 4.74 Å². The van der Waals surface area contributed by atoms with Crippen LogP contribution >= 0.6 is 11.3 Å². The number of hydrogen-bond acceptors (Lipinski definition) is 6. The fourth-order valence-electron chi connectivity index (χ4n) is 4.68. The van der Waals surface area contributed by atoms with Gasteiger partial charge in [-0.1, -0.05) is 25.0 Å². The Morgan fingerprint density at radius 1 is 1.24 bits per heavy atom. The molecule has 1 amide bonds. The van der Waals surface area contributed by atoms with Crippen LogP contribution in [-0.4, -0.2) is 48.1 Å². The maximum absolute atomic E-state index is 15.2. The maximum Gasteiger partial charge on any atom is 0.258 e. The van der Waals surface area contributed by atoms with E-state index in [9.17, 15) is 9.59 Å². The standard InChI is InChI=1S/C25H25FN4O3S/c26-17-14-16-21(31)20(24(32)27-9-3-4-15-7-8-15)25-30(18-5-1-2-6-19(18)34-25)22(16)28-23(17)29-10-12-33-13-11-29/h1-2,5-6,14-15H,3-4,7-13H2,(H,27,32). The highest BCUT2D eigenvalue weighted by Gasteiger charge is 2.26. The molecule has 0 unspecified atom stereocenters. The molecule has 6 rings (SSSR count). The van der Waals surface area contributed by atoms with Gasteiger partial charge in [0, 0.05) is 19.6 Å². The van der Waals surface area contributed by atoms with Gasteiger partial charge in [-0.3, -0.25) is 14.0 Å². The number of pyridine rings is 2. The van der Waals surface area contributed by atoms with Crippen LogP contribution < -0.4 is 15.6 Å². The molecule has 1 aliphatic carbocycles. The summed E-state index contributed by atoms with van der Waals surface area (Å²) in [5.41, 5.74) is 0.773. The number of rotatable bonds is 6. The Hall–Kier alpha value is -3.04. The van der Waals surface area contributed by atoms with E-state index in [-0.39, 0.29) is 16.8 Å². The van der Waals surface area contributed by atoms with Gasteiger partial charge in [0.15, 0.2) is 17.3 Å². The zero-order valence-corrected chi connectivity index (χ0v) is 19.5. The van der Waals surface area contributed by atoms with Crippen molar-refractivity contribution in [3.63, 3.8) is 0 Å². The minimum Gasteiger partial charge on any atom is -0.378 e. The second kappa shape index (κ2) is 8.63. The largest absolute Gasteiger partial charge is 0.378 e. The third kappa shape index (κ3) is 3.73. The molecule has 9 heteroatoms. The Morgan fingerprint density at radius 2 is 2.03 bits per heavy atom. The van der Waals surface area contributed by atoms with E-state index >= 15 is 4.39 Å². The zero-order valence-electron chi connectivity index (χ0n) is 18.7. The Balaban J connectivity index is 1.52. The van der Waals surface area contributed by atoms with Gasteiger partial charge in [-0.05, 0) is 37.0 Å². The number of thiazole rings is 1. The number of amides is 1. The van der Waals surface area contributed by atoms with Crippen LogP contribution in [0.3, 0.4) is 0 Å². The Kier molecular flexibility index (Phi) is 5.45. The number of hydrogen-bond donors (Lipinski definition) is 1. The van der Waals surface area contributed by atoms with Crippen molar-refractivity contribution in [2.45, 2.75) is 25.7 Å². The number of ether oxygens (including phenoxy) is 1. The van der Waals surface area contributed by atoms with Gasteiger partial charge in [-0.25, -0.2) is 9.37 Å². The van der Waals surface area contributed by atoms with Crippen LogP contribution in [0, 0.1) is 11.7 Å². The molecule has 1 aliphatic heterocycles. The van der Waals surface area contributed by atoms with Crippen LogP contribution in [0.5, 0.6) is 0 Å². The van der Waals surface area contributed by atoms with E-state index in [2.05, 4.69) is 10.3 Å². The first kappa shape index (κ1) is 21.5. The second-order valence-corrected chi connectivity index (χ2v) is 10.1. The number of carbonyl (C=O) groups excluding carboxylic acids is 1. The number of benzene rings is 1. The molecule has 176 valence electrons. The topological polar surface area (TPSA) is 75.9 Å². The molecule has 0 bridgehead atoms. The quantitative estimate of drug-likeness (QED) is 0.423. The molecule has 7 nitrogen and oxygen atoms in total. The van der Waals surface area contributed by atoms with E-state index in [1.807, 2.05) is 33.6 Å². The van der Waals surface area contributed by atoms with Gasteiger partial charge in [0.2, 0.25) is 5.43 Å². The number of aromatic nitrogens is 2. The van der Waals surface area contributed by atoms with E-state index in [1.165, 1.54) is 30.2 Å². The lowest BCUT2D eigenvalue weighted by Crippen LogP contribution is -2.37. The lowest BCUT2D eigenvalue weighted by molar-refractivity contribution is 0.0953. The van der Waals surface area contributed by atoms with Crippen molar-refractivity contribution in [1.82, 2.24) is 14.7 Å². The summed E-state index contributed by atoms with van der Waals surface area (Å²) in [4.78, 5) is 33.8. The van der Waals surface area contributed by atoms with Crippen LogP contribution in [0.2, 0.25) is 0 Å². The van der Waals surface area contributed by atoms with Crippen molar-refractivity contribution in [3.05, 3.63) is 51.9 Å². The number of morpholine rings is 1. The third-order valence-corrected chi connectivity index (χ3v) is 7.81. The number of carbonyl (C=O) groups is 1. The number of fused-ring (bicyclic) bond motifs is 5. The molecule has 1 aromatic carbocycles. The Bertz CT molecular complexity index is 1470. The summed E-state index contributed by atoms with van der Waals surface area (Å²) < 4.78 is 23.3. The molecular formula is C25H25FN4O3S. The Labute approximate surface area is 199 Å². The molecule has 0 radical (unpaired) electrons. The van der Waals surface area contributed by atoms with E-state index in [0.29, 0.717) is 43.3 Å². The molecule has 0 spiro atoms. The SMILES string of the molecule is O=C(NCCCC1CC1)c1c(=O)c2cc(F)c(N3CCOCC3)nc2n2c1sc1ccccc12. The van der Waals surface area contributed by atoms with Gasteiger partial charge in [-0.15, -0.1) is 11.3 Å². The molecule has 4 aromatic rings. The maximum atomic E-state index is 15.2. The van der Waals surface area contributed by atoms with Gasteiger partial charge in [0.1, 0.15) is 10.4 Å². The van der Waals surface area contributed by atoms with Gasteiger partial charge in [-0.2, -0.15) is 0 Å². The van der Waals surface area contributed by atoms with Crippen molar-refractivity contribution in [2.75, 3.05) is 37.7 Å². The fraction of sp³-hybridized carbons (Fsp3) is 0.400. The highest BCUT2D eigenvalue weighted by atomic mass is 32.1. The molecule has 1 saturated heterocycles. The molecule has 3 aromatic heterocycles. The summed E-state index contributed by atoms with van der Waals surface area (Å²) in [6, 6.07) is 8.94. The average Bonchev–Trinajstić information content (AvgIpc) is 3.60. The molecule has 1 N–H and O–H groups in total. The summed E-state index contributed by atoms with van der Waals surface area (Å²) in [5, 5.41) is 3.03. The lowest BCUT2D eigenvalue weighted by Gasteiger charge is -2.28. The third-order valence-electron chi connectivity index (χ3n) is 6.66. The van der Waals surface area contributed by atoms with Gasteiger partial charge < -0.3 is 15.0 Å². The number of anilines is 1. The molecule has 0 atom stereocenters. The normalized spacial score (nSPS) is 16.6. The smallest absolute Gasteiger partial charge is 0.258 e. The van der Waals surface area contributed by atoms with Crippen molar-refractivity contribution in [2.24, 2.45) is 5.92 Å². The fourth-order valence-corrected chi connectivity index (χ4v) is 5.87. The average molecular weight is 481 g/mol. The summed E-state index contributed by atoms with van der Waals surface area (Å²) in [5.74, 6) is 0.00922. The summed E-state index contributed by atoms with van der Waals surface area (Å²) in [6.07, 6.45) is 4.52. The predicted octanol–water partition coefficient (Wildman–Crippen LogP) is 3.96. The first-order chi connectivity index (χ1) is 16.6. The first-order valence-electron chi connectivity index (χ1n) is 11.8. The highest BCUT2D eigenvalue weighted by molar-refractivity contribution is 7.24. The van der Waals surface area contributed by atoms with Gasteiger partial charge >= 0.3 is 0 Å². The van der Waals surface area contributed by atoms with E-state index in [0.717, 1.165) is 29.0 Å². The number of nitrogens with one attached hydrogen (secondary N) is 1.